The smallest absolute Gasteiger partial charge is 0.207 e. The van der Waals surface area contributed by atoms with Gasteiger partial charge >= 0.3 is 0 Å². The molecule has 2 aromatic carbocycles. The third kappa shape index (κ3) is 2.47. The number of phenols is 4. The third-order valence-electron chi connectivity index (χ3n) is 3.21. The molecule has 0 saturated heterocycles. The van der Waals surface area contributed by atoms with Gasteiger partial charge in [0.15, 0.2) is 0 Å². The maximum Gasteiger partial charge on any atom is 0.207 e. The molecule has 0 aliphatic carbocycles. The summed E-state index contributed by atoms with van der Waals surface area (Å²) in [6.45, 7) is 2.78. The van der Waals surface area contributed by atoms with E-state index in [-0.39, 0.29) is 32.4 Å². The second-order valence-electron chi connectivity index (χ2n) is 4.68. The summed E-state index contributed by atoms with van der Waals surface area (Å²) in [6, 6.07) is 4.07. The Labute approximate surface area is 121 Å². The number of hydrogen-bond acceptors (Lipinski definition) is 6. The van der Waals surface area contributed by atoms with Gasteiger partial charge < -0.3 is 20.4 Å². The molecule has 6 nitrogen and oxygen atoms in total. The Hall–Kier alpha value is -2.41. The zero-order valence-corrected chi connectivity index (χ0v) is 12.1. The van der Waals surface area contributed by atoms with Gasteiger partial charge in [0.05, 0.1) is 9.79 Å². The van der Waals surface area contributed by atoms with Crippen LogP contribution in [0, 0.1) is 13.8 Å². The summed E-state index contributed by atoms with van der Waals surface area (Å²) in [5.41, 5.74) is 0.130. The average molecular weight is 310 g/mol. The van der Waals surface area contributed by atoms with Gasteiger partial charge in [-0.15, -0.1) is 0 Å². The van der Waals surface area contributed by atoms with Crippen molar-refractivity contribution in [3.05, 3.63) is 35.4 Å². The lowest BCUT2D eigenvalue weighted by molar-refractivity contribution is 0.443. The van der Waals surface area contributed by atoms with Gasteiger partial charge in [-0.25, -0.2) is 8.42 Å². The Bertz CT molecular complexity index is 760. The van der Waals surface area contributed by atoms with Crippen LogP contribution in [0.5, 0.6) is 23.0 Å². The van der Waals surface area contributed by atoms with Crippen molar-refractivity contribution >= 4 is 9.84 Å². The first kappa shape index (κ1) is 15.0. The SMILES string of the molecule is Cc1c(O)cc(O)cc1S(=O)(=O)c1cc(O)cc(O)c1C. The molecule has 0 bridgehead atoms. The van der Waals surface area contributed by atoms with E-state index in [1.54, 1.807) is 0 Å². The maximum atomic E-state index is 12.6. The molecule has 0 atom stereocenters. The molecule has 0 fully saturated rings. The lowest BCUT2D eigenvalue weighted by Crippen LogP contribution is -2.06. The fourth-order valence-electron chi connectivity index (χ4n) is 1.99. The highest BCUT2D eigenvalue weighted by Gasteiger charge is 2.26. The largest absolute Gasteiger partial charge is 0.508 e. The number of benzene rings is 2. The van der Waals surface area contributed by atoms with Crippen LogP contribution in [0.15, 0.2) is 34.1 Å². The number of rotatable bonds is 2. The highest BCUT2D eigenvalue weighted by Crippen LogP contribution is 2.37. The first-order valence-electron chi connectivity index (χ1n) is 5.95. The van der Waals surface area contributed by atoms with Gasteiger partial charge in [-0.1, -0.05) is 0 Å². The minimum absolute atomic E-state index is 0.0648. The molecular weight excluding hydrogens is 296 g/mol. The first-order chi connectivity index (χ1) is 9.64. The van der Waals surface area contributed by atoms with Crippen molar-refractivity contribution in [1.82, 2.24) is 0 Å². The minimum Gasteiger partial charge on any atom is -0.508 e. The zero-order valence-electron chi connectivity index (χ0n) is 11.3. The van der Waals surface area contributed by atoms with E-state index in [1.165, 1.54) is 13.8 Å². The van der Waals surface area contributed by atoms with Gasteiger partial charge in [0, 0.05) is 23.3 Å². The quantitative estimate of drug-likeness (QED) is 0.674. The Morgan fingerprint density at radius 3 is 1.38 bits per heavy atom. The number of sulfone groups is 1. The molecule has 0 radical (unpaired) electrons. The summed E-state index contributed by atoms with van der Waals surface area (Å²) in [5.74, 6) is -1.54. The van der Waals surface area contributed by atoms with E-state index < -0.39 is 21.3 Å². The van der Waals surface area contributed by atoms with Gasteiger partial charge in [0.25, 0.3) is 0 Å². The van der Waals surface area contributed by atoms with Crippen molar-refractivity contribution in [2.24, 2.45) is 0 Å². The molecule has 112 valence electrons. The molecular formula is C14H14O6S. The van der Waals surface area contributed by atoms with Crippen LogP contribution in [-0.4, -0.2) is 28.8 Å². The molecule has 0 aliphatic heterocycles. The molecule has 2 rings (SSSR count). The van der Waals surface area contributed by atoms with E-state index in [0.717, 1.165) is 24.3 Å². The topological polar surface area (TPSA) is 115 Å². The number of hydrogen-bond donors (Lipinski definition) is 4. The van der Waals surface area contributed by atoms with Gasteiger partial charge in [-0.05, 0) is 26.0 Å². The molecule has 0 spiro atoms. The van der Waals surface area contributed by atoms with Crippen LogP contribution in [0.4, 0.5) is 0 Å². The Morgan fingerprint density at radius 2 is 1.05 bits per heavy atom. The fourth-order valence-corrected chi connectivity index (χ4v) is 3.80. The molecule has 0 aliphatic rings. The summed E-state index contributed by atoms with van der Waals surface area (Å²) in [7, 11) is -4.13. The maximum absolute atomic E-state index is 12.6. The number of aromatic hydroxyl groups is 4. The second kappa shape index (κ2) is 4.85. The Balaban J connectivity index is 2.81. The Kier molecular flexibility index (Phi) is 3.46. The predicted octanol–water partition coefficient (Wildman–Crippen LogP) is 1.96. The van der Waals surface area contributed by atoms with Crippen LogP contribution >= 0.6 is 0 Å². The lowest BCUT2D eigenvalue weighted by atomic mass is 10.2. The second-order valence-corrected chi connectivity index (χ2v) is 6.57. The molecule has 0 saturated carbocycles. The highest BCUT2D eigenvalue weighted by atomic mass is 32.2. The van der Waals surface area contributed by atoms with Gasteiger partial charge in [-0.2, -0.15) is 0 Å². The van der Waals surface area contributed by atoms with Crippen molar-refractivity contribution < 1.29 is 28.8 Å². The highest BCUT2D eigenvalue weighted by molar-refractivity contribution is 7.91. The normalized spacial score (nSPS) is 11.5. The summed E-state index contributed by atoms with van der Waals surface area (Å²) in [6.07, 6.45) is 0. The summed E-state index contributed by atoms with van der Waals surface area (Å²) in [4.78, 5) is -0.596. The molecule has 0 amide bonds. The minimum atomic E-state index is -4.13. The van der Waals surface area contributed by atoms with Crippen LogP contribution < -0.4 is 0 Å². The molecule has 2 aromatic rings. The third-order valence-corrected chi connectivity index (χ3v) is 5.22. The first-order valence-corrected chi connectivity index (χ1v) is 7.43. The van der Waals surface area contributed by atoms with Crippen LogP contribution in [0.25, 0.3) is 0 Å². The summed E-state index contributed by atoms with van der Waals surface area (Å²) < 4.78 is 25.3. The molecule has 7 heteroatoms. The monoisotopic (exact) mass is 310 g/mol. The average Bonchev–Trinajstić information content (AvgIpc) is 2.37. The van der Waals surface area contributed by atoms with Crippen LogP contribution in [0.3, 0.4) is 0 Å². The number of phenolic OH excluding ortho intramolecular Hbond substituents is 4. The summed E-state index contributed by atoms with van der Waals surface area (Å²) in [5, 5.41) is 38.3. The summed E-state index contributed by atoms with van der Waals surface area (Å²) >= 11 is 0. The van der Waals surface area contributed by atoms with Crippen molar-refractivity contribution in [2.45, 2.75) is 23.6 Å². The van der Waals surface area contributed by atoms with E-state index in [2.05, 4.69) is 0 Å². The van der Waals surface area contributed by atoms with Crippen LogP contribution in [0.2, 0.25) is 0 Å². The van der Waals surface area contributed by atoms with Gasteiger partial charge in [-0.3, -0.25) is 0 Å². The van der Waals surface area contributed by atoms with E-state index >= 15 is 0 Å². The van der Waals surface area contributed by atoms with Crippen molar-refractivity contribution in [3.8, 4) is 23.0 Å². The molecule has 0 heterocycles. The molecule has 4 N–H and O–H groups in total. The van der Waals surface area contributed by atoms with Gasteiger partial charge in [0.2, 0.25) is 9.84 Å². The Morgan fingerprint density at radius 1 is 0.714 bits per heavy atom. The molecule has 21 heavy (non-hydrogen) atoms. The molecule has 0 aromatic heterocycles. The van der Waals surface area contributed by atoms with Crippen molar-refractivity contribution in [2.75, 3.05) is 0 Å². The zero-order chi connectivity index (χ0) is 15.9. The van der Waals surface area contributed by atoms with Crippen molar-refractivity contribution in [1.29, 1.82) is 0 Å². The standard InChI is InChI=1S/C14H14O6S/c1-7-11(17)3-9(15)5-13(7)21(19,20)14-6-10(16)4-12(18)8(14)2/h3-6,15-18H,1-2H3. The van der Waals surface area contributed by atoms with E-state index in [0.29, 0.717) is 0 Å². The van der Waals surface area contributed by atoms with Crippen LogP contribution in [0.1, 0.15) is 11.1 Å². The van der Waals surface area contributed by atoms with E-state index in [9.17, 15) is 28.8 Å². The predicted molar refractivity (Wildman–Crippen MR) is 74.5 cm³/mol. The fraction of sp³-hybridized carbons (Fsp3) is 0.143. The van der Waals surface area contributed by atoms with Crippen molar-refractivity contribution in [3.63, 3.8) is 0 Å². The van der Waals surface area contributed by atoms with Gasteiger partial charge in [0.1, 0.15) is 23.0 Å². The van der Waals surface area contributed by atoms with E-state index in [1.807, 2.05) is 0 Å². The molecule has 0 unspecified atom stereocenters. The van der Waals surface area contributed by atoms with Crippen LogP contribution in [-0.2, 0) is 9.84 Å². The lowest BCUT2D eigenvalue weighted by Gasteiger charge is -2.13. The van der Waals surface area contributed by atoms with E-state index in [4.69, 9.17) is 0 Å².